The molecule has 0 bridgehead atoms. The predicted molar refractivity (Wildman–Crippen MR) is 72.5 cm³/mol. The summed E-state index contributed by atoms with van der Waals surface area (Å²) in [5.74, 6) is 0. The molecule has 0 unspecified atom stereocenters. The number of halogens is 3. The lowest BCUT2D eigenvalue weighted by atomic mass is 10.1. The first-order valence-corrected chi connectivity index (χ1v) is 6.27. The highest BCUT2D eigenvalue weighted by atomic mass is 32.1. The summed E-state index contributed by atoms with van der Waals surface area (Å²) in [5, 5.41) is 5.11. The highest BCUT2D eigenvalue weighted by Crippen LogP contribution is 2.32. The maximum atomic E-state index is 12.6. The summed E-state index contributed by atoms with van der Waals surface area (Å²) in [6, 6.07) is 2.50. The van der Waals surface area contributed by atoms with Crippen LogP contribution in [0, 0.1) is 0 Å². The summed E-state index contributed by atoms with van der Waals surface area (Å²) in [5.41, 5.74) is 4.68. The van der Waals surface area contributed by atoms with Gasteiger partial charge >= 0.3 is 12.2 Å². The molecular weight excluding hydrogens is 291 g/mol. The number of carbonyl (C=O) groups is 1. The van der Waals surface area contributed by atoms with E-state index >= 15 is 0 Å². The monoisotopic (exact) mass is 303 g/mol. The molecule has 0 radical (unpaired) electrons. The Morgan fingerprint density at radius 3 is 2.50 bits per heavy atom. The fourth-order valence-corrected chi connectivity index (χ4v) is 1.77. The third-order valence-corrected chi connectivity index (χ3v) is 2.99. The van der Waals surface area contributed by atoms with Gasteiger partial charge in [-0.1, -0.05) is 12.2 Å². The molecule has 1 aliphatic rings. The first-order valence-electron chi connectivity index (χ1n) is 5.86. The number of benzene rings is 1. The van der Waals surface area contributed by atoms with E-state index in [0.717, 1.165) is 31.0 Å². The summed E-state index contributed by atoms with van der Waals surface area (Å²) in [7, 11) is 0. The van der Waals surface area contributed by atoms with Gasteiger partial charge in [0.25, 0.3) is 0 Å². The molecule has 0 atom stereocenters. The smallest absolute Gasteiger partial charge is 0.389 e. The summed E-state index contributed by atoms with van der Waals surface area (Å²) >= 11 is 4.72. The van der Waals surface area contributed by atoms with Crippen molar-refractivity contribution in [3.05, 3.63) is 29.3 Å². The standard InChI is InChI=1S/C12H12F3N3OS/c13-12(14,15)6-1-4-9(8(5-6)10(16)20)18-11(19)17-7-2-3-7/h1,4-5,7H,2-3H2,(H2,16,20)(H2,17,18,19). The van der Waals surface area contributed by atoms with E-state index in [-0.39, 0.29) is 22.3 Å². The maximum Gasteiger partial charge on any atom is 0.416 e. The van der Waals surface area contributed by atoms with Crippen molar-refractivity contribution >= 4 is 28.9 Å². The second kappa shape index (κ2) is 5.28. The number of carbonyl (C=O) groups excluding carboxylic acids is 1. The largest absolute Gasteiger partial charge is 0.416 e. The van der Waals surface area contributed by atoms with Crippen molar-refractivity contribution in [2.24, 2.45) is 5.73 Å². The Labute approximate surface area is 118 Å². The van der Waals surface area contributed by atoms with Gasteiger partial charge in [0.15, 0.2) is 0 Å². The zero-order chi connectivity index (χ0) is 14.9. The number of nitrogens with two attached hydrogens (primary N) is 1. The van der Waals surface area contributed by atoms with Crippen LogP contribution >= 0.6 is 12.2 Å². The highest BCUT2D eigenvalue weighted by Gasteiger charge is 2.31. The Morgan fingerprint density at radius 2 is 2.00 bits per heavy atom. The SMILES string of the molecule is NC(=S)c1cc(C(F)(F)F)ccc1NC(=O)NC1CC1. The molecule has 8 heteroatoms. The molecule has 4 nitrogen and oxygen atoms in total. The third kappa shape index (κ3) is 3.60. The van der Waals surface area contributed by atoms with Crippen LogP contribution in [0.2, 0.25) is 0 Å². The van der Waals surface area contributed by atoms with E-state index in [2.05, 4.69) is 10.6 Å². The molecule has 0 aliphatic heterocycles. The van der Waals surface area contributed by atoms with Gasteiger partial charge in [0, 0.05) is 11.6 Å². The summed E-state index contributed by atoms with van der Waals surface area (Å²) in [4.78, 5) is 11.4. The average molecular weight is 303 g/mol. The topological polar surface area (TPSA) is 67.1 Å². The molecule has 1 aromatic rings. The lowest BCUT2D eigenvalue weighted by molar-refractivity contribution is -0.137. The predicted octanol–water partition coefficient (Wildman–Crippen LogP) is 2.62. The van der Waals surface area contributed by atoms with Crippen LogP contribution in [0.1, 0.15) is 24.0 Å². The number of amides is 2. The van der Waals surface area contributed by atoms with Crippen molar-refractivity contribution in [2.45, 2.75) is 25.1 Å². The number of hydrogen-bond donors (Lipinski definition) is 3. The van der Waals surface area contributed by atoms with Crippen molar-refractivity contribution in [2.75, 3.05) is 5.32 Å². The van der Waals surface area contributed by atoms with Crippen molar-refractivity contribution < 1.29 is 18.0 Å². The number of alkyl halides is 3. The molecule has 2 amide bonds. The number of rotatable bonds is 3. The van der Waals surface area contributed by atoms with E-state index < -0.39 is 17.8 Å². The highest BCUT2D eigenvalue weighted by molar-refractivity contribution is 7.80. The second-order valence-corrected chi connectivity index (χ2v) is 4.93. The molecule has 1 fully saturated rings. The van der Waals surface area contributed by atoms with Crippen LogP contribution in [-0.2, 0) is 6.18 Å². The van der Waals surface area contributed by atoms with Gasteiger partial charge in [-0.15, -0.1) is 0 Å². The first kappa shape index (κ1) is 14.6. The van der Waals surface area contributed by atoms with Gasteiger partial charge in [0.1, 0.15) is 4.99 Å². The van der Waals surface area contributed by atoms with E-state index in [1.165, 1.54) is 0 Å². The molecule has 0 saturated heterocycles. The number of anilines is 1. The van der Waals surface area contributed by atoms with E-state index in [9.17, 15) is 18.0 Å². The molecule has 0 spiro atoms. The second-order valence-electron chi connectivity index (χ2n) is 4.50. The average Bonchev–Trinajstić information content (AvgIpc) is 3.11. The van der Waals surface area contributed by atoms with Crippen molar-refractivity contribution in [1.82, 2.24) is 5.32 Å². The summed E-state index contributed by atoms with van der Waals surface area (Å²) < 4.78 is 37.9. The molecule has 108 valence electrons. The van der Waals surface area contributed by atoms with E-state index in [0.29, 0.717) is 0 Å². The summed E-state index contributed by atoms with van der Waals surface area (Å²) in [6.45, 7) is 0. The number of urea groups is 1. The zero-order valence-electron chi connectivity index (χ0n) is 10.3. The van der Waals surface area contributed by atoms with Gasteiger partial charge in [-0.05, 0) is 31.0 Å². The molecule has 0 heterocycles. The molecule has 4 N–H and O–H groups in total. The Hall–Kier alpha value is -1.83. The molecular formula is C12H12F3N3OS. The third-order valence-electron chi connectivity index (χ3n) is 2.77. The molecule has 1 aromatic carbocycles. The van der Waals surface area contributed by atoms with Gasteiger partial charge in [-0.25, -0.2) is 4.79 Å². The van der Waals surface area contributed by atoms with Gasteiger partial charge in [-0.2, -0.15) is 13.2 Å². The van der Waals surface area contributed by atoms with Gasteiger partial charge in [0.05, 0.1) is 11.3 Å². The number of nitrogens with one attached hydrogen (secondary N) is 2. The molecule has 2 rings (SSSR count). The van der Waals surface area contributed by atoms with Crippen LogP contribution in [0.3, 0.4) is 0 Å². The Balaban J connectivity index is 2.23. The van der Waals surface area contributed by atoms with Crippen molar-refractivity contribution in [3.63, 3.8) is 0 Å². The van der Waals surface area contributed by atoms with E-state index in [1.54, 1.807) is 0 Å². The quantitative estimate of drug-likeness (QED) is 0.752. The molecule has 1 aliphatic carbocycles. The van der Waals surface area contributed by atoms with Gasteiger partial charge < -0.3 is 16.4 Å². The number of thiocarbonyl (C=S) groups is 1. The summed E-state index contributed by atoms with van der Waals surface area (Å²) in [6.07, 6.45) is -2.68. The minimum atomic E-state index is -4.49. The van der Waals surface area contributed by atoms with E-state index in [4.69, 9.17) is 18.0 Å². The van der Waals surface area contributed by atoms with Crippen molar-refractivity contribution in [1.29, 1.82) is 0 Å². The number of hydrogen-bond acceptors (Lipinski definition) is 2. The zero-order valence-corrected chi connectivity index (χ0v) is 11.1. The minimum Gasteiger partial charge on any atom is -0.389 e. The maximum absolute atomic E-state index is 12.6. The van der Waals surface area contributed by atoms with Gasteiger partial charge in [0.2, 0.25) is 0 Å². The molecule has 1 saturated carbocycles. The van der Waals surface area contributed by atoms with Crippen LogP contribution in [0.4, 0.5) is 23.7 Å². The minimum absolute atomic E-state index is 0.0132. The lowest BCUT2D eigenvalue weighted by Crippen LogP contribution is -2.31. The van der Waals surface area contributed by atoms with Crippen LogP contribution in [0.25, 0.3) is 0 Å². The van der Waals surface area contributed by atoms with Crippen LogP contribution in [0.5, 0.6) is 0 Å². The fourth-order valence-electron chi connectivity index (χ4n) is 1.60. The first-order chi connectivity index (χ1) is 9.27. The Bertz CT molecular complexity index is 555. The van der Waals surface area contributed by atoms with Crippen LogP contribution < -0.4 is 16.4 Å². The normalized spacial score (nSPS) is 14.8. The van der Waals surface area contributed by atoms with Gasteiger partial charge in [-0.3, -0.25) is 0 Å². The Kier molecular flexibility index (Phi) is 3.85. The lowest BCUT2D eigenvalue weighted by Gasteiger charge is -2.14. The van der Waals surface area contributed by atoms with Crippen LogP contribution in [-0.4, -0.2) is 17.1 Å². The molecule has 20 heavy (non-hydrogen) atoms. The molecule has 0 aromatic heterocycles. The van der Waals surface area contributed by atoms with Crippen LogP contribution in [0.15, 0.2) is 18.2 Å². The van der Waals surface area contributed by atoms with Crippen molar-refractivity contribution in [3.8, 4) is 0 Å². The van der Waals surface area contributed by atoms with E-state index in [1.807, 2.05) is 0 Å². The Morgan fingerprint density at radius 1 is 1.35 bits per heavy atom. The fraction of sp³-hybridized carbons (Fsp3) is 0.333.